The SMILES string of the molecule is C=CCC(CC)[N+](=O)[O-]. The Labute approximate surface area is 54.5 Å². The number of hydrogen-bond donors (Lipinski definition) is 0. The molecule has 0 aromatic rings. The molecule has 0 saturated carbocycles. The molecular weight excluding hydrogens is 118 g/mol. The molecule has 0 aliphatic rings. The lowest BCUT2D eigenvalue weighted by Crippen LogP contribution is -2.16. The first-order valence-electron chi connectivity index (χ1n) is 2.96. The fraction of sp³-hybridized carbons (Fsp3) is 0.667. The lowest BCUT2D eigenvalue weighted by molar-refractivity contribution is -0.521. The van der Waals surface area contributed by atoms with Gasteiger partial charge in [0.1, 0.15) is 0 Å². The van der Waals surface area contributed by atoms with Crippen LogP contribution in [0.2, 0.25) is 0 Å². The van der Waals surface area contributed by atoms with Gasteiger partial charge in [-0.25, -0.2) is 0 Å². The van der Waals surface area contributed by atoms with Crippen molar-refractivity contribution < 1.29 is 4.92 Å². The summed E-state index contributed by atoms with van der Waals surface area (Å²) in [5.74, 6) is 0. The Kier molecular flexibility index (Phi) is 3.67. The highest BCUT2D eigenvalue weighted by atomic mass is 16.6. The van der Waals surface area contributed by atoms with E-state index in [-0.39, 0.29) is 4.92 Å². The molecule has 0 rings (SSSR count). The Morgan fingerprint density at radius 1 is 1.89 bits per heavy atom. The molecule has 0 bridgehead atoms. The lowest BCUT2D eigenvalue weighted by Gasteiger charge is -2.00. The first-order chi connectivity index (χ1) is 4.22. The minimum Gasteiger partial charge on any atom is -0.264 e. The maximum absolute atomic E-state index is 10.1. The van der Waals surface area contributed by atoms with E-state index in [0.29, 0.717) is 12.8 Å². The summed E-state index contributed by atoms with van der Waals surface area (Å²) in [4.78, 5) is 9.82. The molecule has 0 aromatic carbocycles. The highest BCUT2D eigenvalue weighted by molar-refractivity contribution is 4.71. The smallest absolute Gasteiger partial charge is 0.216 e. The van der Waals surface area contributed by atoms with Crippen LogP contribution in [-0.2, 0) is 0 Å². The van der Waals surface area contributed by atoms with Crippen LogP contribution in [0.1, 0.15) is 19.8 Å². The number of nitrogens with zero attached hydrogens (tertiary/aromatic N) is 1. The van der Waals surface area contributed by atoms with Crippen LogP contribution in [0, 0.1) is 10.1 Å². The van der Waals surface area contributed by atoms with Crippen molar-refractivity contribution in [2.24, 2.45) is 0 Å². The van der Waals surface area contributed by atoms with E-state index in [1.54, 1.807) is 13.0 Å². The van der Waals surface area contributed by atoms with Crippen LogP contribution in [0.4, 0.5) is 0 Å². The second kappa shape index (κ2) is 4.06. The Bertz CT molecular complexity index is 112. The Morgan fingerprint density at radius 2 is 2.44 bits per heavy atom. The summed E-state index contributed by atoms with van der Waals surface area (Å²) < 4.78 is 0. The monoisotopic (exact) mass is 129 g/mol. The van der Waals surface area contributed by atoms with Crippen molar-refractivity contribution in [2.75, 3.05) is 0 Å². The summed E-state index contributed by atoms with van der Waals surface area (Å²) in [5, 5.41) is 10.1. The topological polar surface area (TPSA) is 43.1 Å². The minimum absolute atomic E-state index is 0.262. The lowest BCUT2D eigenvalue weighted by atomic mass is 10.2. The quantitative estimate of drug-likeness (QED) is 0.329. The predicted octanol–water partition coefficient (Wildman–Crippen LogP) is 1.62. The van der Waals surface area contributed by atoms with Gasteiger partial charge in [-0.1, -0.05) is 13.0 Å². The van der Waals surface area contributed by atoms with Crippen molar-refractivity contribution in [3.05, 3.63) is 22.8 Å². The van der Waals surface area contributed by atoms with Crippen molar-refractivity contribution in [2.45, 2.75) is 25.8 Å². The summed E-state index contributed by atoms with van der Waals surface area (Å²) in [7, 11) is 0. The number of rotatable bonds is 4. The van der Waals surface area contributed by atoms with E-state index in [2.05, 4.69) is 6.58 Å². The third-order valence-corrected chi connectivity index (χ3v) is 1.21. The molecule has 1 unspecified atom stereocenters. The molecular formula is C6H11NO2. The summed E-state index contributed by atoms with van der Waals surface area (Å²) in [6.07, 6.45) is 2.64. The van der Waals surface area contributed by atoms with E-state index in [9.17, 15) is 10.1 Å². The zero-order valence-corrected chi connectivity index (χ0v) is 5.54. The van der Waals surface area contributed by atoms with Gasteiger partial charge in [0.25, 0.3) is 0 Å². The third kappa shape index (κ3) is 2.85. The van der Waals surface area contributed by atoms with E-state index < -0.39 is 6.04 Å². The third-order valence-electron chi connectivity index (χ3n) is 1.21. The summed E-state index contributed by atoms with van der Waals surface area (Å²) in [6, 6.07) is -0.428. The molecule has 9 heavy (non-hydrogen) atoms. The zero-order chi connectivity index (χ0) is 7.28. The molecule has 0 amide bonds. The van der Waals surface area contributed by atoms with Gasteiger partial charge >= 0.3 is 0 Å². The molecule has 0 N–H and O–H groups in total. The zero-order valence-electron chi connectivity index (χ0n) is 5.54. The van der Waals surface area contributed by atoms with Crippen molar-refractivity contribution >= 4 is 0 Å². The van der Waals surface area contributed by atoms with Gasteiger partial charge < -0.3 is 0 Å². The summed E-state index contributed by atoms with van der Waals surface area (Å²) >= 11 is 0. The molecule has 0 saturated heterocycles. The fourth-order valence-corrected chi connectivity index (χ4v) is 0.594. The summed E-state index contributed by atoms with van der Waals surface area (Å²) in [6.45, 7) is 5.23. The van der Waals surface area contributed by atoms with E-state index in [1.165, 1.54) is 0 Å². The molecule has 0 aliphatic carbocycles. The molecule has 0 spiro atoms. The highest BCUT2D eigenvalue weighted by Gasteiger charge is 2.13. The average molecular weight is 129 g/mol. The van der Waals surface area contributed by atoms with Gasteiger partial charge in [0, 0.05) is 17.8 Å². The second-order valence-corrected chi connectivity index (χ2v) is 1.87. The van der Waals surface area contributed by atoms with Gasteiger partial charge in [0.15, 0.2) is 0 Å². The van der Waals surface area contributed by atoms with Gasteiger partial charge in [-0.3, -0.25) is 10.1 Å². The van der Waals surface area contributed by atoms with E-state index in [1.807, 2.05) is 0 Å². The van der Waals surface area contributed by atoms with E-state index in [0.717, 1.165) is 0 Å². The van der Waals surface area contributed by atoms with Gasteiger partial charge in [0.2, 0.25) is 6.04 Å². The molecule has 3 nitrogen and oxygen atoms in total. The van der Waals surface area contributed by atoms with E-state index in [4.69, 9.17) is 0 Å². The molecule has 0 radical (unpaired) electrons. The average Bonchev–Trinajstić information content (AvgIpc) is 1.82. The maximum Gasteiger partial charge on any atom is 0.216 e. The minimum atomic E-state index is -0.428. The fourth-order valence-electron chi connectivity index (χ4n) is 0.594. The van der Waals surface area contributed by atoms with Crippen LogP contribution in [-0.4, -0.2) is 11.0 Å². The van der Waals surface area contributed by atoms with Crippen molar-refractivity contribution in [1.29, 1.82) is 0 Å². The van der Waals surface area contributed by atoms with E-state index >= 15 is 0 Å². The van der Waals surface area contributed by atoms with Crippen molar-refractivity contribution in [3.8, 4) is 0 Å². The van der Waals surface area contributed by atoms with Crippen LogP contribution < -0.4 is 0 Å². The molecule has 0 fully saturated rings. The van der Waals surface area contributed by atoms with Crippen molar-refractivity contribution in [3.63, 3.8) is 0 Å². The van der Waals surface area contributed by atoms with Gasteiger partial charge in [-0.15, -0.1) is 6.58 Å². The van der Waals surface area contributed by atoms with Crippen molar-refractivity contribution in [1.82, 2.24) is 0 Å². The Hall–Kier alpha value is -0.860. The molecule has 3 heteroatoms. The predicted molar refractivity (Wildman–Crippen MR) is 35.9 cm³/mol. The van der Waals surface area contributed by atoms with Crippen LogP contribution >= 0.6 is 0 Å². The first kappa shape index (κ1) is 8.14. The molecule has 0 aromatic heterocycles. The second-order valence-electron chi connectivity index (χ2n) is 1.87. The first-order valence-corrected chi connectivity index (χ1v) is 2.96. The van der Waals surface area contributed by atoms with Crippen LogP contribution in [0.25, 0.3) is 0 Å². The molecule has 52 valence electrons. The Morgan fingerprint density at radius 3 is 2.56 bits per heavy atom. The van der Waals surface area contributed by atoms with Gasteiger partial charge in [-0.2, -0.15) is 0 Å². The Balaban J connectivity index is 3.67. The van der Waals surface area contributed by atoms with Gasteiger partial charge in [-0.05, 0) is 0 Å². The van der Waals surface area contributed by atoms with Crippen LogP contribution in [0.15, 0.2) is 12.7 Å². The highest BCUT2D eigenvalue weighted by Crippen LogP contribution is 2.01. The van der Waals surface area contributed by atoms with Crippen LogP contribution in [0.5, 0.6) is 0 Å². The number of nitro groups is 1. The van der Waals surface area contributed by atoms with Gasteiger partial charge in [0.05, 0.1) is 0 Å². The number of hydrogen-bond acceptors (Lipinski definition) is 2. The largest absolute Gasteiger partial charge is 0.264 e. The summed E-state index contributed by atoms with van der Waals surface area (Å²) in [5.41, 5.74) is 0. The van der Waals surface area contributed by atoms with Crippen LogP contribution in [0.3, 0.4) is 0 Å². The molecule has 1 atom stereocenters. The molecule has 0 heterocycles. The molecule has 0 aliphatic heterocycles. The standard InChI is InChI=1S/C6H11NO2/c1-3-5-6(4-2)7(8)9/h3,6H,1,4-5H2,2H3. The maximum atomic E-state index is 10.1. The normalized spacial score (nSPS) is 12.6.